The molecule has 2 atom stereocenters. The van der Waals surface area contributed by atoms with Crippen molar-refractivity contribution in [2.45, 2.75) is 53.5 Å². The van der Waals surface area contributed by atoms with E-state index in [0.717, 1.165) is 19.4 Å². The Morgan fingerprint density at radius 2 is 1.75 bits per heavy atom. The lowest BCUT2D eigenvalue weighted by molar-refractivity contribution is 0.129. The second-order valence-electron chi connectivity index (χ2n) is 6.52. The Labute approximate surface area is 124 Å². The van der Waals surface area contributed by atoms with Crippen molar-refractivity contribution < 1.29 is 5.11 Å². The number of nitrogens with one attached hydrogen (secondary N) is 1. The van der Waals surface area contributed by atoms with Crippen LogP contribution in [0.2, 0.25) is 0 Å². The maximum atomic E-state index is 9.54. The van der Waals surface area contributed by atoms with Gasteiger partial charge in [0.15, 0.2) is 0 Å². The first-order valence-corrected chi connectivity index (χ1v) is 7.88. The van der Waals surface area contributed by atoms with Gasteiger partial charge in [-0.05, 0) is 29.9 Å². The Hall–Kier alpha value is -0.860. The van der Waals surface area contributed by atoms with E-state index in [4.69, 9.17) is 0 Å². The van der Waals surface area contributed by atoms with Crippen LogP contribution < -0.4 is 5.32 Å². The molecule has 0 spiro atoms. The predicted molar refractivity (Wildman–Crippen MR) is 86.9 cm³/mol. The van der Waals surface area contributed by atoms with Crippen LogP contribution in [0.25, 0.3) is 0 Å². The molecule has 0 amide bonds. The molecule has 2 heteroatoms. The number of hydrogen-bond acceptors (Lipinski definition) is 2. The van der Waals surface area contributed by atoms with Gasteiger partial charge >= 0.3 is 0 Å². The van der Waals surface area contributed by atoms with Gasteiger partial charge in [-0.2, -0.15) is 0 Å². The normalized spacial score (nSPS) is 16.1. The summed E-state index contributed by atoms with van der Waals surface area (Å²) in [6.07, 6.45) is 2.06. The standard InChI is InChI=1S/C18H31NO/c1-6-15-8-10-16(11-9-15)17(14(3)4)19-12-18(5,7-2)13-20/h8-11,14,17,19-20H,6-7,12-13H2,1-5H3. The van der Waals surface area contributed by atoms with Gasteiger partial charge in [-0.15, -0.1) is 0 Å². The lowest BCUT2D eigenvalue weighted by Gasteiger charge is -2.31. The predicted octanol–water partition coefficient (Wildman–Crippen LogP) is 3.94. The zero-order valence-electron chi connectivity index (χ0n) is 13.7. The molecule has 0 saturated carbocycles. The fraction of sp³-hybridized carbons (Fsp3) is 0.667. The van der Waals surface area contributed by atoms with Gasteiger partial charge in [-0.1, -0.05) is 58.9 Å². The molecule has 1 aromatic carbocycles. The molecule has 114 valence electrons. The van der Waals surface area contributed by atoms with E-state index in [2.05, 4.69) is 64.2 Å². The van der Waals surface area contributed by atoms with Crippen LogP contribution >= 0.6 is 0 Å². The van der Waals surface area contributed by atoms with E-state index in [-0.39, 0.29) is 12.0 Å². The Kier molecular flexibility index (Phi) is 6.70. The number of aliphatic hydroxyl groups excluding tert-OH is 1. The quantitative estimate of drug-likeness (QED) is 0.754. The second-order valence-corrected chi connectivity index (χ2v) is 6.52. The molecule has 0 aliphatic heterocycles. The molecule has 1 rings (SSSR count). The maximum Gasteiger partial charge on any atom is 0.0496 e. The number of hydrogen-bond donors (Lipinski definition) is 2. The average molecular weight is 277 g/mol. The van der Waals surface area contributed by atoms with Crippen LogP contribution in [0, 0.1) is 11.3 Å². The van der Waals surface area contributed by atoms with Crippen molar-refractivity contribution in [1.82, 2.24) is 5.32 Å². The first-order valence-electron chi connectivity index (χ1n) is 7.88. The molecular weight excluding hydrogens is 246 g/mol. The van der Waals surface area contributed by atoms with E-state index < -0.39 is 0 Å². The largest absolute Gasteiger partial charge is 0.396 e. The average Bonchev–Trinajstić information content (AvgIpc) is 2.47. The van der Waals surface area contributed by atoms with Gasteiger partial charge in [-0.25, -0.2) is 0 Å². The molecule has 20 heavy (non-hydrogen) atoms. The molecule has 0 aromatic heterocycles. The molecule has 0 fully saturated rings. The van der Waals surface area contributed by atoms with E-state index in [1.54, 1.807) is 0 Å². The summed E-state index contributed by atoms with van der Waals surface area (Å²) in [5, 5.41) is 13.2. The lowest BCUT2D eigenvalue weighted by atomic mass is 9.87. The summed E-state index contributed by atoms with van der Waals surface area (Å²) in [5.74, 6) is 0.530. The molecule has 0 bridgehead atoms. The molecular formula is C18H31NO. The Morgan fingerprint density at radius 1 is 1.15 bits per heavy atom. The minimum Gasteiger partial charge on any atom is -0.396 e. The van der Waals surface area contributed by atoms with Crippen LogP contribution in [0.4, 0.5) is 0 Å². The smallest absolute Gasteiger partial charge is 0.0496 e. The van der Waals surface area contributed by atoms with E-state index in [1.807, 2.05) is 0 Å². The second kappa shape index (κ2) is 7.80. The minimum absolute atomic E-state index is 0.0313. The highest BCUT2D eigenvalue weighted by molar-refractivity contribution is 5.25. The van der Waals surface area contributed by atoms with Crippen molar-refractivity contribution in [3.63, 3.8) is 0 Å². The molecule has 0 heterocycles. The zero-order valence-corrected chi connectivity index (χ0v) is 13.7. The third kappa shape index (κ3) is 4.60. The van der Waals surface area contributed by atoms with Crippen LogP contribution in [0.5, 0.6) is 0 Å². The number of aryl methyl sites for hydroxylation is 1. The minimum atomic E-state index is -0.0313. The molecule has 0 radical (unpaired) electrons. The third-order valence-corrected chi connectivity index (χ3v) is 4.40. The van der Waals surface area contributed by atoms with Crippen molar-refractivity contribution in [3.8, 4) is 0 Å². The summed E-state index contributed by atoms with van der Waals surface area (Å²) in [5.41, 5.74) is 2.69. The highest BCUT2D eigenvalue weighted by atomic mass is 16.3. The van der Waals surface area contributed by atoms with Crippen LogP contribution in [0.15, 0.2) is 24.3 Å². The molecule has 2 unspecified atom stereocenters. The van der Waals surface area contributed by atoms with E-state index in [1.165, 1.54) is 11.1 Å². The van der Waals surface area contributed by atoms with Gasteiger partial charge in [0.25, 0.3) is 0 Å². The van der Waals surface area contributed by atoms with Crippen LogP contribution in [0.1, 0.15) is 58.2 Å². The van der Waals surface area contributed by atoms with Crippen molar-refractivity contribution in [1.29, 1.82) is 0 Å². The molecule has 1 aromatic rings. The SMILES string of the molecule is CCc1ccc(C(NCC(C)(CC)CO)C(C)C)cc1. The van der Waals surface area contributed by atoms with E-state index in [0.29, 0.717) is 12.0 Å². The van der Waals surface area contributed by atoms with Gasteiger partial charge in [0.05, 0.1) is 0 Å². The molecule has 0 aliphatic rings. The number of aliphatic hydroxyl groups is 1. The van der Waals surface area contributed by atoms with Crippen LogP contribution in [-0.4, -0.2) is 18.3 Å². The topological polar surface area (TPSA) is 32.3 Å². The highest BCUT2D eigenvalue weighted by Gasteiger charge is 2.24. The summed E-state index contributed by atoms with van der Waals surface area (Å²) in [6, 6.07) is 9.25. The summed E-state index contributed by atoms with van der Waals surface area (Å²) in [7, 11) is 0. The van der Waals surface area contributed by atoms with E-state index >= 15 is 0 Å². The lowest BCUT2D eigenvalue weighted by Crippen LogP contribution is -2.38. The molecule has 0 aliphatic carbocycles. The van der Waals surface area contributed by atoms with Gasteiger partial charge in [0.2, 0.25) is 0 Å². The summed E-state index contributed by atoms with van der Waals surface area (Å²) < 4.78 is 0. The summed E-state index contributed by atoms with van der Waals surface area (Å²) >= 11 is 0. The van der Waals surface area contributed by atoms with Crippen molar-refractivity contribution in [2.75, 3.05) is 13.2 Å². The van der Waals surface area contributed by atoms with Crippen LogP contribution in [0.3, 0.4) is 0 Å². The first-order chi connectivity index (χ1) is 9.45. The van der Waals surface area contributed by atoms with Gasteiger partial charge in [-0.3, -0.25) is 0 Å². The fourth-order valence-corrected chi connectivity index (χ4v) is 2.35. The molecule has 2 nitrogen and oxygen atoms in total. The van der Waals surface area contributed by atoms with Crippen LogP contribution in [-0.2, 0) is 6.42 Å². The van der Waals surface area contributed by atoms with Gasteiger partial charge in [0, 0.05) is 24.6 Å². The van der Waals surface area contributed by atoms with E-state index in [9.17, 15) is 5.11 Å². The van der Waals surface area contributed by atoms with Crippen molar-refractivity contribution in [3.05, 3.63) is 35.4 Å². The molecule has 2 N–H and O–H groups in total. The Morgan fingerprint density at radius 3 is 2.15 bits per heavy atom. The Bertz CT molecular complexity index is 379. The third-order valence-electron chi connectivity index (χ3n) is 4.40. The number of benzene rings is 1. The zero-order chi connectivity index (χ0) is 15.2. The van der Waals surface area contributed by atoms with Crippen molar-refractivity contribution in [2.24, 2.45) is 11.3 Å². The Balaban J connectivity index is 2.78. The first kappa shape index (κ1) is 17.2. The fourth-order valence-electron chi connectivity index (χ4n) is 2.35. The monoisotopic (exact) mass is 277 g/mol. The summed E-state index contributed by atoms with van der Waals surface area (Å²) in [6.45, 7) is 12.0. The molecule has 0 saturated heterocycles. The van der Waals surface area contributed by atoms with Crippen molar-refractivity contribution >= 4 is 0 Å². The maximum absolute atomic E-state index is 9.54. The van der Waals surface area contributed by atoms with Gasteiger partial charge < -0.3 is 10.4 Å². The van der Waals surface area contributed by atoms with Gasteiger partial charge in [0.1, 0.15) is 0 Å². The summed E-state index contributed by atoms with van der Waals surface area (Å²) in [4.78, 5) is 0. The highest BCUT2D eigenvalue weighted by Crippen LogP contribution is 2.25. The number of rotatable bonds is 8.